The molecule has 8 heteroatoms. The zero-order valence-electron chi connectivity index (χ0n) is 17.1. The molecule has 2 aliphatic rings. The number of nitrogen functional groups attached to an aromatic ring is 1. The standard InChI is InChI=1S/C22H27ClN6S/c1-14-3-2-4-15-11-22(12-16(14)15)6-9-29(10-7-22)21(26)28-13-18(24)30-17-5-8-27-20(25)19(17)23/h2-5,8,13H,6-7,9-12,24H2,1H3,(H2,25,27)(H2,26,28)/b18-13+. The summed E-state index contributed by atoms with van der Waals surface area (Å²) < 4.78 is 0. The average Bonchev–Trinajstić information content (AvgIpc) is 3.09. The zero-order chi connectivity index (χ0) is 21.3. The maximum absolute atomic E-state index is 6.25. The molecule has 4 rings (SSSR count). The highest BCUT2D eigenvalue weighted by atomic mass is 35.5. The summed E-state index contributed by atoms with van der Waals surface area (Å²) in [7, 11) is 0. The van der Waals surface area contributed by atoms with Gasteiger partial charge < -0.3 is 22.1 Å². The van der Waals surface area contributed by atoms with Crippen LogP contribution in [-0.2, 0) is 12.8 Å². The second-order valence-corrected chi connectivity index (χ2v) is 9.68. The van der Waals surface area contributed by atoms with Crippen molar-refractivity contribution in [3.8, 4) is 0 Å². The van der Waals surface area contributed by atoms with E-state index in [1.807, 2.05) is 0 Å². The predicted octanol–water partition coefficient (Wildman–Crippen LogP) is 3.67. The van der Waals surface area contributed by atoms with Crippen molar-refractivity contribution in [3.63, 3.8) is 0 Å². The van der Waals surface area contributed by atoms with E-state index < -0.39 is 0 Å². The van der Waals surface area contributed by atoms with Gasteiger partial charge in [-0.15, -0.1) is 0 Å². The van der Waals surface area contributed by atoms with Crippen LogP contribution in [0.25, 0.3) is 0 Å². The Morgan fingerprint density at radius 2 is 2.00 bits per heavy atom. The summed E-state index contributed by atoms with van der Waals surface area (Å²) in [5.41, 5.74) is 22.9. The molecule has 1 saturated heterocycles. The number of guanidine groups is 1. The van der Waals surface area contributed by atoms with Gasteiger partial charge in [-0.2, -0.15) is 0 Å². The molecule has 158 valence electrons. The molecular formula is C22H27ClN6S. The van der Waals surface area contributed by atoms with Gasteiger partial charge in [-0.3, -0.25) is 0 Å². The number of aromatic nitrogens is 1. The molecule has 0 unspecified atom stereocenters. The molecule has 2 aromatic rings. The number of nitrogens with two attached hydrogens (primary N) is 3. The van der Waals surface area contributed by atoms with Crippen molar-refractivity contribution in [2.75, 3.05) is 18.8 Å². The molecule has 1 aromatic heterocycles. The highest BCUT2D eigenvalue weighted by Crippen LogP contribution is 2.45. The van der Waals surface area contributed by atoms with Crippen LogP contribution < -0.4 is 17.2 Å². The molecule has 1 aliphatic carbocycles. The van der Waals surface area contributed by atoms with Crippen LogP contribution >= 0.6 is 23.4 Å². The lowest BCUT2D eigenvalue weighted by molar-refractivity contribution is 0.157. The molecule has 0 bridgehead atoms. The second kappa shape index (κ2) is 8.40. The van der Waals surface area contributed by atoms with Gasteiger partial charge in [0.2, 0.25) is 0 Å². The van der Waals surface area contributed by atoms with Gasteiger partial charge in [0.1, 0.15) is 5.82 Å². The minimum absolute atomic E-state index is 0.281. The molecule has 1 fully saturated rings. The quantitative estimate of drug-likeness (QED) is 0.380. The van der Waals surface area contributed by atoms with Gasteiger partial charge in [-0.1, -0.05) is 41.6 Å². The van der Waals surface area contributed by atoms with Crippen LogP contribution in [0.2, 0.25) is 5.02 Å². The highest BCUT2D eigenvalue weighted by molar-refractivity contribution is 8.03. The minimum atomic E-state index is 0.281. The number of benzene rings is 1. The first kappa shape index (κ1) is 20.9. The lowest BCUT2D eigenvalue weighted by Gasteiger charge is -2.39. The van der Waals surface area contributed by atoms with Gasteiger partial charge in [0.25, 0.3) is 0 Å². The smallest absolute Gasteiger partial charge is 0.195 e. The van der Waals surface area contributed by atoms with E-state index in [2.05, 4.69) is 40.0 Å². The van der Waals surface area contributed by atoms with E-state index in [4.69, 9.17) is 28.8 Å². The monoisotopic (exact) mass is 442 g/mol. The fraction of sp³-hybridized carbons (Fsp3) is 0.364. The number of halogens is 1. The van der Waals surface area contributed by atoms with Gasteiger partial charge in [0.05, 0.1) is 16.3 Å². The molecule has 0 saturated carbocycles. The van der Waals surface area contributed by atoms with Crippen LogP contribution in [0.5, 0.6) is 0 Å². The van der Waals surface area contributed by atoms with Gasteiger partial charge in [-0.25, -0.2) is 9.98 Å². The van der Waals surface area contributed by atoms with Crippen LogP contribution in [-0.4, -0.2) is 28.9 Å². The summed E-state index contributed by atoms with van der Waals surface area (Å²) in [4.78, 5) is 11.2. The third kappa shape index (κ3) is 4.23. The Kier molecular flexibility index (Phi) is 5.84. The SMILES string of the molecule is Cc1cccc2c1CC1(CCN(C(N)=N/C=C(\N)Sc3ccnc(N)c3Cl)CC1)C2. The van der Waals surface area contributed by atoms with E-state index in [-0.39, 0.29) is 5.82 Å². The lowest BCUT2D eigenvalue weighted by Crippen LogP contribution is -2.46. The molecule has 0 atom stereocenters. The molecule has 6 nitrogen and oxygen atoms in total. The molecule has 6 N–H and O–H groups in total. The van der Waals surface area contributed by atoms with Crippen molar-refractivity contribution in [2.24, 2.45) is 21.9 Å². The van der Waals surface area contributed by atoms with Gasteiger partial charge in [0, 0.05) is 24.2 Å². The molecular weight excluding hydrogens is 416 g/mol. The Morgan fingerprint density at radius 3 is 2.73 bits per heavy atom. The molecule has 2 heterocycles. The minimum Gasteiger partial charge on any atom is -0.392 e. The molecule has 1 aliphatic heterocycles. The number of anilines is 1. The number of fused-ring (bicyclic) bond motifs is 1. The molecule has 1 spiro atoms. The first-order chi connectivity index (χ1) is 14.4. The Morgan fingerprint density at radius 1 is 1.23 bits per heavy atom. The number of aliphatic imine (C=N–C) groups is 1. The Hall–Kier alpha value is -2.38. The number of pyridine rings is 1. The molecule has 30 heavy (non-hydrogen) atoms. The van der Waals surface area contributed by atoms with Crippen LogP contribution in [0, 0.1) is 12.3 Å². The normalized spacial score (nSPS) is 18.7. The zero-order valence-corrected chi connectivity index (χ0v) is 18.6. The lowest BCUT2D eigenvalue weighted by atomic mass is 9.76. The third-order valence-corrected chi connectivity index (χ3v) is 7.62. The number of hydrogen-bond donors (Lipinski definition) is 3. The number of aryl methyl sites for hydroxylation is 1. The topological polar surface area (TPSA) is 107 Å². The molecule has 0 amide bonds. The fourth-order valence-electron chi connectivity index (χ4n) is 4.47. The van der Waals surface area contributed by atoms with E-state index in [0.717, 1.165) is 30.8 Å². The summed E-state index contributed by atoms with van der Waals surface area (Å²) in [6, 6.07) is 8.45. The highest BCUT2D eigenvalue weighted by Gasteiger charge is 2.40. The summed E-state index contributed by atoms with van der Waals surface area (Å²) in [6.45, 7) is 4.05. The first-order valence-corrected chi connectivity index (χ1v) is 11.3. The van der Waals surface area contributed by atoms with E-state index in [9.17, 15) is 0 Å². The van der Waals surface area contributed by atoms with Gasteiger partial charge >= 0.3 is 0 Å². The summed E-state index contributed by atoms with van der Waals surface area (Å²) in [5.74, 6) is 0.782. The number of nitrogens with zero attached hydrogens (tertiary/aromatic N) is 3. The van der Waals surface area contributed by atoms with E-state index in [1.165, 1.54) is 35.7 Å². The van der Waals surface area contributed by atoms with E-state index in [1.54, 1.807) is 24.0 Å². The van der Waals surface area contributed by atoms with Crippen LogP contribution in [0.3, 0.4) is 0 Å². The Bertz CT molecular complexity index is 1010. The first-order valence-electron chi connectivity index (χ1n) is 10.1. The largest absolute Gasteiger partial charge is 0.392 e. The number of piperidine rings is 1. The number of rotatable bonds is 3. The predicted molar refractivity (Wildman–Crippen MR) is 125 cm³/mol. The third-order valence-electron chi connectivity index (χ3n) is 6.21. The van der Waals surface area contributed by atoms with Crippen LogP contribution in [0.4, 0.5) is 5.82 Å². The van der Waals surface area contributed by atoms with Crippen molar-refractivity contribution < 1.29 is 0 Å². The van der Waals surface area contributed by atoms with Crippen LogP contribution in [0.1, 0.15) is 29.5 Å². The van der Waals surface area contributed by atoms with Crippen LogP contribution in [0.15, 0.2) is 51.6 Å². The summed E-state index contributed by atoms with van der Waals surface area (Å²) in [6.07, 6.45) is 7.77. The molecule has 0 radical (unpaired) electrons. The van der Waals surface area contributed by atoms with E-state index >= 15 is 0 Å². The van der Waals surface area contributed by atoms with Gasteiger partial charge in [0.15, 0.2) is 5.96 Å². The van der Waals surface area contributed by atoms with Crippen molar-refractivity contribution in [1.82, 2.24) is 9.88 Å². The summed E-state index contributed by atoms with van der Waals surface area (Å²) in [5, 5.41) is 0.880. The Labute approximate surface area is 186 Å². The molecule has 1 aromatic carbocycles. The number of likely N-dealkylation sites (tertiary alicyclic amines) is 1. The van der Waals surface area contributed by atoms with E-state index in [0.29, 0.717) is 21.4 Å². The van der Waals surface area contributed by atoms with Crippen molar-refractivity contribution in [2.45, 2.75) is 37.5 Å². The average molecular weight is 443 g/mol. The maximum Gasteiger partial charge on any atom is 0.195 e. The second-order valence-electron chi connectivity index (χ2n) is 8.18. The van der Waals surface area contributed by atoms with Crippen molar-refractivity contribution in [3.05, 3.63) is 63.4 Å². The van der Waals surface area contributed by atoms with Crippen molar-refractivity contribution in [1.29, 1.82) is 0 Å². The summed E-state index contributed by atoms with van der Waals surface area (Å²) >= 11 is 7.45. The number of thioether (sulfide) groups is 1. The van der Waals surface area contributed by atoms with Crippen molar-refractivity contribution >= 4 is 35.1 Å². The fourth-order valence-corrected chi connectivity index (χ4v) is 5.38. The Balaban J connectivity index is 1.37. The number of hydrogen-bond acceptors (Lipinski definition) is 5. The van der Waals surface area contributed by atoms with Gasteiger partial charge in [-0.05, 0) is 60.8 Å². The maximum atomic E-state index is 6.25.